The molecular formula is C16H16F2N2O2S. The molecule has 2 rings (SSSR count). The Bertz CT molecular complexity index is 678. The average molecular weight is 338 g/mol. The highest BCUT2D eigenvalue weighted by molar-refractivity contribution is 7.80. The fourth-order valence-electron chi connectivity index (χ4n) is 1.91. The Morgan fingerprint density at radius 2 is 1.70 bits per heavy atom. The molecule has 0 saturated heterocycles. The zero-order valence-corrected chi connectivity index (χ0v) is 13.4. The molecule has 0 aromatic heterocycles. The molecule has 122 valence electrons. The van der Waals surface area contributed by atoms with Gasteiger partial charge in [0.2, 0.25) is 0 Å². The first kappa shape index (κ1) is 17.0. The van der Waals surface area contributed by atoms with Crippen LogP contribution in [0.3, 0.4) is 0 Å². The lowest BCUT2D eigenvalue weighted by atomic mass is 10.2. The minimum atomic E-state index is -2.84. The van der Waals surface area contributed by atoms with Crippen LogP contribution in [0.5, 0.6) is 11.5 Å². The summed E-state index contributed by atoms with van der Waals surface area (Å²) < 4.78 is 33.8. The maximum absolute atomic E-state index is 12.2. The second kappa shape index (κ2) is 7.73. The molecule has 0 saturated carbocycles. The summed E-state index contributed by atoms with van der Waals surface area (Å²) in [5, 5.41) is 6.43. The van der Waals surface area contributed by atoms with E-state index in [1.807, 2.05) is 24.3 Å². The Hall–Kier alpha value is -2.41. The number of anilines is 2. The number of methoxy groups -OCH3 is 1. The van der Waals surface area contributed by atoms with Gasteiger partial charge in [0.05, 0.1) is 7.11 Å². The first-order valence-electron chi connectivity index (χ1n) is 6.75. The average Bonchev–Trinajstić information content (AvgIpc) is 2.50. The molecule has 0 bridgehead atoms. The third-order valence-electron chi connectivity index (χ3n) is 3.02. The molecule has 0 aliphatic carbocycles. The molecule has 0 radical (unpaired) electrons. The number of benzene rings is 2. The van der Waals surface area contributed by atoms with Gasteiger partial charge in [-0.2, -0.15) is 8.78 Å². The van der Waals surface area contributed by atoms with Crippen LogP contribution in [0.4, 0.5) is 20.2 Å². The third kappa shape index (κ3) is 5.07. The van der Waals surface area contributed by atoms with Gasteiger partial charge in [0.15, 0.2) is 5.11 Å². The molecular weight excluding hydrogens is 322 g/mol. The fraction of sp³-hybridized carbons (Fsp3) is 0.188. The lowest BCUT2D eigenvalue weighted by Crippen LogP contribution is -2.19. The number of nitrogens with one attached hydrogen (secondary N) is 2. The summed E-state index contributed by atoms with van der Waals surface area (Å²) in [4.78, 5) is 0. The van der Waals surface area contributed by atoms with Crippen molar-refractivity contribution in [2.75, 3.05) is 17.7 Å². The molecule has 2 N–H and O–H groups in total. The molecule has 2 aromatic rings. The second-order valence-corrected chi connectivity index (χ2v) is 5.07. The van der Waals surface area contributed by atoms with E-state index < -0.39 is 6.61 Å². The topological polar surface area (TPSA) is 42.5 Å². The highest BCUT2D eigenvalue weighted by Crippen LogP contribution is 2.23. The number of hydrogen-bond donors (Lipinski definition) is 2. The summed E-state index contributed by atoms with van der Waals surface area (Å²) in [6, 6.07) is 11.9. The Labute approximate surface area is 138 Å². The van der Waals surface area contributed by atoms with Gasteiger partial charge in [0.25, 0.3) is 0 Å². The van der Waals surface area contributed by atoms with Crippen LogP contribution in [0.2, 0.25) is 0 Å². The van der Waals surface area contributed by atoms with E-state index in [0.717, 1.165) is 17.0 Å². The van der Waals surface area contributed by atoms with Gasteiger partial charge in [0.1, 0.15) is 11.5 Å². The summed E-state index contributed by atoms with van der Waals surface area (Å²) in [6.45, 7) is -1.07. The van der Waals surface area contributed by atoms with Crippen LogP contribution in [0.15, 0.2) is 42.5 Å². The van der Waals surface area contributed by atoms with Gasteiger partial charge < -0.3 is 20.1 Å². The minimum Gasteiger partial charge on any atom is -0.497 e. The molecule has 0 fully saturated rings. The summed E-state index contributed by atoms with van der Waals surface area (Å²) in [5.41, 5.74) is 2.25. The largest absolute Gasteiger partial charge is 0.497 e. The highest BCUT2D eigenvalue weighted by Gasteiger charge is 2.07. The number of halogens is 2. The molecule has 2 aromatic carbocycles. The van der Waals surface area contributed by atoms with E-state index in [-0.39, 0.29) is 5.75 Å². The first-order valence-corrected chi connectivity index (χ1v) is 7.16. The lowest BCUT2D eigenvalue weighted by molar-refractivity contribution is -0.0498. The smallest absolute Gasteiger partial charge is 0.387 e. The van der Waals surface area contributed by atoms with E-state index in [0.29, 0.717) is 10.8 Å². The van der Waals surface area contributed by atoms with Crippen LogP contribution in [0, 0.1) is 6.92 Å². The van der Waals surface area contributed by atoms with Crippen molar-refractivity contribution in [2.45, 2.75) is 13.5 Å². The van der Waals surface area contributed by atoms with Gasteiger partial charge in [-0.1, -0.05) is 0 Å². The van der Waals surface area contributed by atoms with E-state index in [4.69, 9.17) is 17.0 Å². The summed E-state index contributed by atoms with van der Waals surface area (Å²) in [7, 11) is 1.60. The van der Waals surface area contributed by atoms with Gasteiger partial charge in [0, 0.05) is 11.4 Å². The zero-order valence-electron chi connectivity index (χ0n) is 12.6. The van der Waals surface area contributed by atoms with Crippen LogP contribution in [-0.4, -0.2) is 18.8 Å². The Balaban J connectivity index is 1.99. The quantitative estimate of drug-likeness (QED) is 0.790. The third-order valence-corrected chi connectivity index (χ3v) is 3.22. The number of rotatable bonds is 5. The van der Waals surface area contributed by atoms with E-state index >= 15 is 0 Å². The van der Waals surface area contributed by atoms with E-state index in [1.54, 1.807) is 20.1 Å². The molecule has 0 amide bonds. The van der Waals surface area contributed by atoms with Crippen LogP contribution in [0.1, 0.15) is 5.56 Å². The van der Waals surface area contributed by atoms with Gasteiger partial charge >= 0.3 is 6.61 Å². The number of aryl methyl sites for hydroxylation is 1. The second-order valence-electron chi connectivity index (χ2n) is 4.66. The summed E-state index contributed by atoms with van der Waals surface area (Å²) in [5.74, 6) is 0.858. The van der Waals surface area contributed by atoms with Crippen LogP contribution in [0.25, 0.3) is 0 Å². The van der Waals surface area contributed by atoms with Crippen LogP contribution < -0.4 is 20.1 Å². The Morgan fingerprint density at radius 1 is 1.04 bits per heavy atom. The number of hydrogen-bond acceptors (Lipinski definition) is 3. The predicted octanol–water partition coefficient (Wildman–Crippen LogP) is 4.41. The van der Waals surface area contributed by atoms with E-state index in [1.165, 1.54) is 12.1 Å². The van der Waals surface area contributed by atoms with Gasteiger partial charge in [-0.15, -0.1) is 0 Å². The first-order chi connectivity index (χ1) is 11.0. The Morgan fingerprint density at radius 3 is 2.26 bits per heavy atom. The van der Waals surface area contributed by atoms with E-state index in [2.05, 4.69) is 15.4 Å². The summed E-state index contributed by atoms with van der Waals surface area (Å²) in [6.07, 6.45) is 0. The van der Waals surface area contributed by atoms with Crippen molar-refractivity contribution in [2.24, 2.45) is 0 Å². The van der Waals surface area contributed by atoms with Crippen molar-refractivity contribution in [3.8, 4) is 11.5 Å². The minimum absolute atomic E-state index is 0.108. The molecule has 23 heavy (non-hydrogen) atoms. The normalized spacial score (nSPS) is 10.3. The molecule has 0 spiro atoms. The molecule has 0 aliphatic heterocycles. The van der Waals surface area contributed by atoms with E-state index in [9.17, 15) is 8.78 Å². The molecule has 7 heteroatoms. The van der Waals surface area contributed by atoms with Crippen molar-refractivity contribution in [1.29, 1.82) is 0 Å². The highest BCUT2D eigenvalue weighted by atomic mass is 32.1. The fourth-order valence-corrected chi connectivity index (χ4v) is 2.14. The monoisotopic (exact) mass is 338 g/mol. The van der Waals surface area contributed by atoms with Crippen molar-refractivity contribution >= 4 is 28.7 Å². The van der Waals surface area contributed by atoms with Gasteiger partial charge in [-0.05, 0) is 67.2 Å². The molecule has 4 nitrogen and oxygen atoms in total. The Kier molecular flexibility index (Phi) is 5.70. The van der Waals surface area contributed by atoms with Crippen molar-refractivity contribution in [1.82, 2.24) is 0 Å². The molecule has 0 aliphatic rings. The van der Waals surface area contributed by atoms with Gasteiger partial charge in [-0.3, -0.25) is 0 Å². The molecule has 0 atom stereocenters. The zero-order chi connectivity index (χ0) is 16.8. The summed E-state index contributed by atoms with van der Waals surface area (Å²) >= 11 is 5.24. The maximum Gasteiger partial charge on any atom is 0.387 e. The van der Waals surface area contributed by atoms with Crippen molar-refractivity contribution in [3.05, 3.63) is 48.0 Å². The molecule has 0 unspecified atom stereocenters. The SMILES string of the molecule is COc1ccc(NC(=S)Nc2ccc(OC(F)F)cc2C)cc1. The van der Waals surface area contributed by atoms with Crippen LogP contribution in [-0.2, 0) is 0 Å². The van der Waals surface area contributed by atoms with Gasteiger partial charge in [-0.25, -0.2) is 0 Å². The predicted molar refractivity (Wildman–Crippen MR) is 90.6 cm³/mol. The number of thiocarbonyl (C=S) groups is 1. The lowest BCUT2D eigenvalue weighted by Gasteiger charge is -2.14. The van der Waals surface area contributed by atoms with Crippen molar-refractivity contribution in [3.63, 3.8) is 0 Å². The van der Waals surface area contributed by atoms with Crippen molar-refractivity contribution < 1.29 is 18.3 Å². The standard InChI is InChI=1S/C16H16F2N2O2S/c1-10-9-13(22-15(17)18)7-8-14(10)20-16(23)19-11-3-5-12(21-2)6-4-11/h3-9,15H,1-2H3,(H2,19,20,23). The maximum atomic E-state index is 12.2. The van der Waals surface area contributed by atoms with Crippen LogP contribution >= 0.6 is 12.2 Å². The molecule has 0 heterocycles. The number of ether oxygens (including phenoxy) is 2. The number of alkyl halides is 2.